The van der Waals surface area contributed by atoms with Crippen molar-refractivity contribution >= 4 is 27.2 Å². The second kappa shape index (κ2) is 8.76. The van der Waals surface area contributed by atoms with Gasteiger partial charge in [-0.2, -0.15) is 13.2 Å². The van der Waals surface area contributed by atoms with Crippen molar-refractivity contribution in [1.82, 2.24) is 9.97 Å². The second-order valence-electron chi connectivity index (χ2n) is 7.47. The van der Waals surface area contributed by atoms with Crippen molar-refractivity contribution in [3.8, 4) is 16.2 Å². The summed E-state index contributed by atoms with van der Waals surface area (Å²) in [5, 5.41) is 2.52. The molecule has 9 heteroatoms. The molecule has 1 atom stereocenters. The average Bonchev–Trinajstić information content (AvgIpc) is 3.12. The molecule has 0 spiro atoms. The summed E-state index contributed by atoms with van der Waals surface area (Å²) in [4.78, 5) is 9.52. The maximum absolute atomic E-state index is 13.1. The largest absolute Gasteiger partial charge is 0.496 e. The van der Waals surface area contributed by atoms with E-state index in [-0.39, 0.29) is 11.8 Å². The average molecular weight is 459 g/mol. The number of aromatic nitrogens is 2. The first-order chi connectivity index (χ1) is 15.2. The molecule has 0 unspecified atom stereocenters. The van der Waals surface area contributed by atoms with E-state index in [9.17, 15) is 13.2 Å². The zero-order valence-corrected chi connectivity index (χ0v) is 18.0. The number of benzene rings is 2. The van der Waals surface area contributed by atoms with Crippen LogP contribution in [0.1, 0.15) is 16.8 Å². The summed E-state index contributed by atoms with van der Waals surface area (Å²) in [5.74, 6) is -0.216. The Balaban J connectivity index is 1.56. The number of hydrogen-bond donors (Lipinski definition) is 2. The normalized spacial score (nSPS) is 12.8. The fourth-order valence-electron chi connectivity index (χ4n) is 3.68. The molecule has 0 aliphatic rings. The third kappa shape index (κ3) is 4.68. The summed E-state index contributed by atoms with van der Waals surface area (Å²) in [6.07, 6.45) is -0.137. The molecule has 2 heterocycles. The number of alkyl halides is 3. The molecule has 0 fully saturated rings. The number of fused-ring (bicyclic) bond motifs is 1. The molecule has 166 valence electrons. The monoisotopic (exact) mass is 458 g/mol. The van der Waals surface area contributed by atoms with Gasteiger partial charge in [-0.1, -0.05) is 29.5 Å². The van der Waals surface area contributed by atoms with Gasteiger partial charge in [-0.05, 0) is 47.2 Å². The first-order valence-electron chi connectivity index (χ1n) is 9.83. The highest BCUT2D eigenvalue weighted by Gasteiger charge is 2.34. The number of methoxy groups -OCH3 is 1. The van der Waals surface area contributed by atoms with E-state index >= 15 is 0 Å². The van der Waals surface area contributed by atoms with Crippen molar-refractivity contribution in [1.29, 1.82) is 0 Å². The number of pyridine rings is 1. The van der Waals surface area contributed by atoms with Gasteiger partial charge in [0.15, 0.2) is 5.13 Å². The molecule has 0 saturated heterocycles. The van der Waals surface area contributed by atoms with Gasteiger partial charge in [0.25, 0.3) is 0 Å². The Morgan fingerprint density at radius 3 is 2.62 bits per heavy atom. The minimum absolute atomic E-state index is 0.216. The van der Waals surface area contributed by atoms with Crippen molar-refractivity contribution in [2.75, 3.05) is 12.8 Å². The predicted octanol–water partition coefficient (Wildman–Crippen LogP) is 5.08. The van der Waals surface area contributed by atoms with Gasteiger partial charge in [-0.15, -0.1) is 0 Å². The molecule has 2 aromatic carbocycles. The first-order valence-corrected chi connectivity index (χ1v) is 10.7. The van der Waals surface area contributed by atoms with Gasteiger partial charge in [0.05, 0.1) is 23.2 Å². The zero-order valence-electron chi connectivity index (χ0n) is 17.2. The third-order valence-electron chi connectivity index (χ3n) is 5.14. The van der Waals surface area contributed by atoms with Gasteiger partial charge < -0.3 is 16.2 Å². The van der Waals surface area contributed by atoms with Gasteiger partial charge >= 0.3 is 6.18 Å². The number of nitrogen functional groups attached to an aromatic ring is 1. The summed E-state index contributed by atoms with van der Waals surface area (Å²) < 4.78 is 44.2. The van der Waals surface area contributed by atoms with Gasteiger partial charge in [-0.25, -0.2) is 4.98 Å². The lowest BCUT2D eigenvalue weighted by Gasteiger charge is -2.15. The Morgan fingerprint density at radius 1 is 1.06 bits per heavy atom. The molecule has 0 radical (unpaired) electrons. The second-order valence-corrected chi connectivity index (χ2v) is 8.50. The van der Waals surface area contributed by atoms with E-state index in [0.717, 1.165) is 33.0 Å². The van der Waals surface area contributed by atoms with E-state index in [1.807, 2.05) is 18.2 Å². The standard InChI is InChI=1S/C23H21F3N4OS/c1-31-20-9-13(2-5-18(20)23(24,25)26)8-17(27)11-19-21(32-22(28)30-19)15-3-4-16-12-29-7-6-14(16)10-15/h2-7,9-10,12,17H,8,11,27H2,1H3,(H2,28,30)/t17-/m0/s1. The topological polar surface area (TPSA) is 87.0 Å². The van der Waals surface area contributed by atoms with Crippen LogP contribution in [0.3, 0.4) is 0 Å². The summed E-state index contributed by atoms with van der Waals surface area (Å²) in [6, 6.07) is 11.5. The van der Waals surface area contributed by atoms with E-state index in [0.29, 0.717) is 23.5 Å². The lowest BCUT2D eigenvalue weighted by molar-refractivity contribution is -0.138. The minimum Gasteiger partial charge on any atom is -0.496 e. The summed E-state index contributed by atoms with van der Waals surface area (Å²) in [5.41, 5.74) is 13.9. The zero-order chi connectivity index (χ0) is 22.9. The Morgan fingerprint density at radius 2 is 1.88 bits per heavy atom. The Kier molecular flexibility index (Phi) is 6.03. The van der Waals surface area contributed by atoms with Gasteiger partial charge in [0, 0.05) is 30.2 Å². The van der Waals surface area contributed by atoms with Gasteiger partial charge in [0.1, 0.15) is 5.75 Å². The van der Waals surface area contributed by atoms with E-state index in [1.165, 1.54) is 30.6 Å². The fraction of sp³-hybridized carbons (Fsp3) is 0.217. The smallest absolute Gasteiger partial charge is 0.419 e. The van der Waals surface area contributed by atoms with E-state index in [1.54, 1.807) is 12.4 Å². The molecule has 0 aliphatic carbocycles. The number of nitrogens with two attached hydrogens (primary N) is 2. The molecule has 4 N–H and O–H groups in total. The van der Waals surface area contributed by atoms with E-state index in [4.69, 9.17) is 16.2 Å². The number of hydrogen-bond acceptors (Lipinski definition) is 6. The molecule has 2 aromatic heterocycles. The molecule has 0 saturated carbocycles. The van der Waals surface area contributed by atoms with Crippen molar-refractivity contribution in [3.63, 3.8) is 0 Å². The minimum atomic E-state index is -4.48. The lowest BCUT2D eigenvalue weighted by atomic mass is 9.99. The van der Waals surface area contributed by atoms with Crippen molar-refractivity contribution in [2.45, 2.75) is 25.1 Å². The van der Waals surface area contributed by atoms with E-state index < -0.39 is 11.7 Å². The first kappa shape index (κ1) is 22.0. The van der Waals surface area contributed by atoms with Crippen LogP contribution in [0.15, 0.2) is 54.9 Å². The summed E-state index contributed by atoms with van der Waals surface area (Å²) in [6.45, 7) is 0. The molecule has 32 heavy (non-hydrogen) atoms. The molecule has 4 rings (SSSR count). The van der Waals surface area contributed by atoms with Crippen LogP contribution in [0.4, 0.5) is 18.3 Å². The molecule has 5 nitrogen and oxygen atoms in total. The quantitative estimate of drug-likeness (QED) is 0.421. The van der Waals surface area contributed by atoms with Crippen molar-refractivity contribution < 1.29 is 17.9 Å². The molecular weight excluding hydrogens is 437 g/mol. The Bertz CT molecular complexity index is 1260. The molecular formula is C23H21F3N4OS. The van der Waals surface area contributed by atoms with Crippen LogP contribution in [-0.4, -0.2) is 23.1 Å². The van der Waals surface area contributed by atoms with E-state index in [2.05, 4.69) is 16.0 Å². The van der Waals surface area contributed by atoms with Crippen LogP contribution in [0, 0.1) is 0 Å². The van der Waals surface area contributed by atoms with Crippen LogP contribution < -0.4 is 16.2 Å². The third-order valence-corrected chi connectivity index (χ3v) is 6.12. The van der Waals surface area contributed by atoms with Gasteiger partial charge in [-0.3, -0.25) is 4.98 Å². The fourth-order valence-corrected chi connectivity index (χ4v) is 4.54. The highest BCUT2D eigenvalue weighted by Crippen LogP contribution is 2.37. The molecule has 4 aromatic rings. The predicted molar refractivity (Wildman–Crippen MR) is 121 cm³/mol. The number of rotatable bonds is 6. The van der Waals surface area contributed by atoms with Crippen molar-refractivity contribution in [2.24, 2.45) is 5.73 Å². The Hall–Kier alpha value is -3.17. The number of thiazole rings is 1. The lowest BCUT2D eigenvalue weighted by Crippen LogP contribution is -2.26. The summed E-state index contributed by atoms with van der Waals surface area (Å²) in [7, 11) is 1.22. The molecule has 0 bridgehead atoms. The number of halogens is 3. The van der Waals surface area contributed by atoms with Crippen LogP contribution in [0.2, 0.25) is 0 Å². The highest BCUT2D eigenvalue weighted by atomic mass is 32.1. The number of anilines is 1. The Labute approximate surface area is 186 Å². The molecule has 0 aliphatic heterocycles. The van der Waals surface area contributed by atoms with Gasteiger partial charge in [0.2, 0.25) is 0 Å². The maximum atomic E-state index is 13.1. The van der Waals surface area contributed by atoms with Crippen LogP contribution >= 0.6 is 11.3 Å². The maximum Gasteiger partial charge on any atom is 0.419 e. The number of nitrogens with zero attached hydrogens (tertiary/aromatic N) is 2. The van der Waals surface area contributed by atoms with Crippen LogP contribution in [-0.2, 0) is 19.0 Å². The molecule has 0 amide bonds. The SMILES string of the molecule is COc1cc(C[C@H](N)Cc2nc(N)sc2-c2ccc3cnccc3c2)ccc1C(F)(F)F. The van der Waals surface area contributed by atoms with Crippen LogP contribution in [0.25, 0.3) is 21.2 Å². The summed E-state index contributed by atoms with van der Waals surface area (Å²) >= 11 is 1.39. The highest BCUT2D eigenvalue weighted by molar-refractivity contribution is 7.18. The van der Waals surface area contributed by atoms with Crippen LogP contribution in [0.5, 0.6) is 5.75 Å². The number of ether oxygens (including phenoxy) is 1. The van der Waals surface area contributed by atoms with Crippen molar-refractivity contribution in [3.05, 3.63) is 71.7 Å².